The first-order chi connectivity index (χ1) is 14.2. The Balaban J connectivity index is 1.99. The molecule has 0 aliphatic heterocycles. The summed E-state index contributed by atoms with van der Waals surface area (Å²) in [6, 6.07) is 9.83. The third-order valence-corrected chi connectivity index (χ3v) is 4.15. The van der Waals surface area contributed by atoms with Crippen LogP contribution in [-0.2, 0) is 15.7 Å². The van der Waals surface area contributed by atoms with Crippen LogP contribution in [0.25, 0.3) is 0 Å². The molecule has 0 aliphatic carbocycles. The van der Waals surface area contributed by atoms with E-state index >= 15 is 0 Å². The summed E-state index contributed by atoms with van der Waals surface area (Å²) in [7, 11) is 1.46. The standard InChI is InChI=1S/C21H23F3N2O4/c1-14-5-3-4-6-16(14)20(28)25-10-9-19(27)26-17-13-15(21(22,23)24)7-8-18(17)30-12-11-29-2/h3-8,13H,9-12H2,1-2H3,(H,25,28)(H,26,27). The van der Waals surface area contributed by atoms with Crippen LogP contribution in [-0.4, -0.2) is 38.7 Å². The summed E-state index contributed by atoms with van der Waals surface area (Å²) in [6.45, 7) is 2.16. The Kier molecular flexibility index (Phi) is 8.23. The molecule has 2 aromatic rings. The minimum atomic E-state index is -4.56. The number of anilines is 1. The number of rotatable bonds is 9. The van der Waals surface area contributed by atoms with Crippen LogP contribution in [0.15, 0.2) is 42.5 Å². The second-order valence-corrected chi connectivity index (χ2v) is 6.42. The number of alkyl halides is 3. The van der Waals surface area contributed by atoms with Crippen molar-refractivity contribution in [2.24, 2.45) is 0 Å². The van der Waals surface area contributed by atoms with Crippen molar-refractivity contribution in [3.63, 3.8) is 0 Å². The average molecular weight is 424 g/mol. The fourth-order valence-corrected chi connectivity index (χ4v) is 2.59. The molecule has 2 amide bonds. The lowest BCUT2D eigenvalue weighted by Crippen LogP contribution is -2.28. The fraction of sp³-hybridized carbons (Fsp3) is 0.333. The highest BCUT2D eigenvalue weighted by molar-refractivity contribution is 5.96. The highest BCUT2D eigenvalue weighted by Gasteiger charge is 2.31. The Morgan fingerprint density at radius 2 is 1.80 bits per heavy atom. The van der Waals surface area contributed by atoms with Gasteiger partial charge in [0.1, 0.15) is 12.4 Å². The number of hydrogen-bond donors (Lipinski definition) is 2. The molecule has 0 heterocycles. The third kappa shape index (κ3) is 6.77. The normalized spacial score (nSPS) is 11.1. The molecule has 0 bridgehead atoms. The molecule has 0 fully saturated rings. The van der Waals surface area contributed by atoms with Gasteiger partial charge in [0.15, 0.2) is 0 Å². The van der Waals surface area contributed by atoms with Gasteiger partial charge < -0.3 is 20.1 Å². The molecule has 0 unspecified atom stereocenters. The van der Waals surface area contributed by atoms with Crippen molar-refractivity contribution >= 4 is 17.5 Å². The van der Waals surface area contributed by atoms with Crippen molar-refractivity contribution in [1.82, 2.24) is 5.32 Å². The van der Waals surface area contributed by atoms with Gasteiger partial charge in [-0.05, 0) is 36.8 Å². The van der Waals surface area contributed by atoms with E-state index in [1.807, 2.05) is 0 Å². The van der Waals surface area contributed by atoms with Gasteiger partial charge in [-0.25, -0.2) is 0 Å². The predicted octanol–water partition coefficient (Wildman–Crippen LogP) is 3.80. The molecule has 9 heteroatoms. The summed E-state index contributed by atoms with van der Waals surface area (Å²) in [5, 5.41) is 5.04. The zero-order chi connectivity index (χ0) is 22.1. The van der Waals surface area contributed by atoms with Gasteiger partial charge in [0.25, 0.3) is 5.91 Å². The van der Waals surface area contributed by atoms with Crippen LogP contribution in [0, 0.1) is 6.92 Å². The first kappa shape index (κ1) is 23.2. The van der Waals surface area contributed by atoms with Crippen LogP contribution in [0.3, 0.4) is 0 Å². The number of hydrogen-bond acceptors (Lipinski definition) is 4. The maximum atomic E-state index is 13.0. The second-order valence-electron chi connectivity index (χ2n) is 6.42. The summed E-state index contributed by atoms with van der Waals surface area (Å²) in [5.74, 6) is -0.795. The predicted molar refractivity (Wildman–Crippen MR) is 106 cm³/mol. The number of methoxy groups -OCH3 is 1. The maximum absolute atomic E-state index is 13.0. The van der Waals surface area contributed by atoms with Gasteiger partial charge in [0, 0.05) is 25.6 Å². The van der Waals surface area contributed by atoms with Crippen molar-refractivity contribution in [3.05, 3.63) is 59.2 Å². The molecule has 30 heavy (non-hydrogen) atoms. The molecule has 0 saturated heterocycles. The van der Waals surface area contributed by atoms with Gasteiger partial charge >= 0.3 is 6.18 Å². The Labute approximate surface area is 172 Å². The number of nitrogens with one attached hydrogen (secondary N) is 2. The van der Waals surface area contributed by atoms with Crippen molar-refractivity contribution in [2.45, 2.75) is 19.5 Å². The molecule has 162 valence electrons. The molecule has 2 N–H and O–H groups in total. The molecule has 2 aromatic carbocycles. The molecule has 0 radical (unpaired) electrons. The molecule has 0 saturated carbocycles. The van der Waals surface area contributed by atoms with Gasteiger partial charge in [-0.2, -0.15) is 13.2 Å². The summed E-state index contributed by atoms with van der Waals surface area (Å²) >= 11 is 0. The molecule has 0 aromatic heterocycles. The highest BCUT2D eigenvalue weighted by Crippen LogP contribution is 2.35. The van der Waals surface area contributed by atoms with Crippen LogP contribution in [0.1, 0.15) is 27.9 Å². The number of ether oxygens (including phenoxy) is 2. The summed E-state index contributed by atoms with van der Waals surface area (Å²) in [5.41, 5.74) is 0.270. The van der Waals surface area contributed by atoms with E-state index in [-0.39, 0.29) is 43.5 Å². The number of aryl methyl sites for hydroxylation is 1. The second kappa shape index (κ2) is 10.6. The van der Waals surface area contributed by atoms with E-state index in [1.54, 1.807) is 31.2 Å². The van der Waals surface area contributed by atoms with E-state index in [4.69, 9.17) is 9.47 Å². The molecule has 0 spiro atoms. The quantitative estimate of drug-likeness (QED) is 0.601. The van der Waals surface area contributed by atoms with Crippen LogP contribution in [0.4, 0.5) is 18.9 Å². The Morgan fingerprint density at radius 3 is 2.47 bits per heavy atom. The molecule has 2 rings (SSSR count). The number of carbonyl (C=O) groups is 2. The van der Waals surface area contributed by atoms with Crippen molar-refractivity contribution < 1.29 is 32.2 Å². The maximum Gasteiger partial charge on any atom is 0.416 e. The van der Waals surface area contributed by atoms with E-state index in [1.165, 1.54) is 7.11 Å². The Hall–Kier alpha value is -3.07. The smallest absolute Gasteiger partial charge is 0.416 e. The largest absolute Gasteiger partial charge is 0.489 e. The molecule has 0 atom stereocenters. The zero-order valence-electron chi connectivity index (χ0n) is 16.6. The molecular formula is C21H23F3N2O4. The van der Waals surface area contributed by atoms with E-state index in [2.05, 4.69) is 10.6 Å². The topological polar surface area (TPSA) is 76.7 Å². The van der Waals surface area contributed by atoms with E-state index in [9.17, 15) is 22.8 Å². The minimum absolute atomic E-state index is 0.0256. The number of amides is 2. The monoisotopic (exact) mass is 424 g/mol. The van der Waals surface area contributed by atoms with Gasteiger partial charge in [0.2, 0.25) is 5.91 Å². The number of benzene rings is 2. The van der Waals surface area contributed by atoms with E-state index in [0.29, 0.717) is 5.56 Å². The Bertz CT molecular complexity index is 885. The minimum Gasteiger partial charge on any atom is -0.489 e. The zero-order valence-corrected chi connectivity index (χ0v) is 16.6. The van der Waals surface area contributed by atoms with E-state index < -0.39 is 17.6 Å². The summed E-state index contributed by atoms with van der Waals surface area (Å²) in [6.07, 6.45) is -4.68. The molecule has 0 aliphatic rings. The van der Waals surface area contributed by atoms with Crippen LogP contribution in [0.2, 0.25) is 0 Å². The third-order valence-electron chi connectivity index (χ3n) is 4.15. The van der Waals surface area contributed by atoms with Gasteiger partial charge in [-0.3, -0.25) is 9.59 Å². The fourth-order valence-electron chi connectivity index (χ4n) is 2.59. The van der Waals surface area contributed by atoms with Crippen LogP contribution in [0.5, 0.6) is 5.75 Å². The lowest BCUT2D eigenvalue weighted by atomic mass is 10.1. The SMILES string of the molecule is COCCOc1ccc(C(F)(F)F)cc1NC(=O)CCNC(=O)c1ccccc1C. The number of carbonyl (C=O) groups excluding carboxylic acids is 2. The van der Waals surface area contributed by atoms with E-state index in [0.717, 1.165) is 23.8 Å². The summed E-state index contributed by atoms with van der Waals surface area (Å²) in [4.78, 5) is 24.4. The van der Waals surface area contributed by atoms with Crippen LogP contribution < -0.4 is 15.4 Å². The van der Waals surface area contributed by atoms with Crippen LogP contribution >= 0.6 is 0 Å². The first-order valence-electron chi connectivity index (χ1n) is 9.19. The van der Waals surface area contributed by atoms with Gasteiger partial charge in [0.05, 0.1) is 17.9 Å². The Morgan fingerprint density at radius 1 is 1.07 bits per heavy atom. The lowest BCUT2D eigenvalue weighted by molar-refractivity contribution is -0.137. The van der Waals surface area contributed by atoms with Crippen molar-refractivity contribution in [2.75, 3.05) is 32.2 Å². The average Bonchev–Trinajstić information content (AvgIpc) is 2.68. The number of halogens is 3. The molecular weight excluding hydrogens is 401 g/mol. The van der Waals surface area contributed by atoms with Crippen molar-refractivity contribution in [3.8, 4) is 5.75 Å². The van der Waals surface area contributed by atoms with Gasteiger partial charge in [-0.1, -0.05) is 18.2 Å². The summed E-state index contributed by atoms with van der Waals surface area (Å²) < 4.78 is 49.3. The first-order valence-corrected chi connectivity index (χ1v) is 9.19. The van der Waals surface area contributed by atoms with Crippen molar-refractivity contribution in [1.29, 1.82) is 0 Å². The highest BCUT2D eigenvalue weighted by atomic mass is 19.4. The van der Waals surface area contributed by atoms with Gasteiger partial charge in [-0.15, -0.1) is 0 Å². The molecule has 6 nitrogen and oxygen atoms in total. The lowest BCUT2D eigenvalue weighted by Gasteiger charge is -2.15.